The van der Waals surface area contributed by atoms with E-state index >= 15 is 0 Å². The molecular weight excluding hydrogens is 210 g/mol. The number of para-hydroxylation sites is 1. The van der Waals surface area contributed by atoms with Crippen molar-refractivity contribution in [2.75, 3.05) is 0 Å². The van der Waals surface area contributed by atoms with E-state index < -0.39 is 0 Å². The van der Waals surface area contributed by atoms with Crippen LogP contribution in [0.1, 0.15) is 58.1 Å². The number of aromatic hydroxyl groups is 1. The van der Waals surface area contributed by atoms with E-state index in [2.05, 4.69) is 26.1 Å². The lowest BCUT2D eigenvalue weighted by Crippen LogP contribution is -2.28. The second kappa shape index (κ2) is 7.33. The maximum atomic E-state index is 9.77. The number of phenolic OH excluding ortho intramolecular Hbond substituents is 1. The van der Waals surface area contributed by atoms with Gasteiger partial charge in [-0.2, -0.15) is 0 Å². The average molecular weight is 235 g/mol. The number of rotatable bonds is 7. The molecule has 0 amide bonds. The second-order valence-electron chi connectivity index (χ2n) is 4.84. The van der Waals surface area contributed by atoms with Gasteiger partial charge in [0.25, 0.3) is 0 Å². The van der Waals surface area contributed by atoms with Crippen LogP contribution in [0.15, 0.2) is 24.3 Å². The molecule has 0 saturated heterocycles. The third kappa shape index (κ3) is 4.78. The zero-order valence-electron chi connectivity index (χ0n) is 11.2. The van der Waals surface area contributed by atoms with Gasteiger partial charge in [0.05, 0.1) is 0 Å². The zero-order valence-corrected chi connectivity index (χ0v) is 11.2. The molecule has 0 fully saturated rings. The second-order valence-corrected chi connectivity index (χ2v) is 4.84. The minimum absolute atomic E-state index is 0.202. The minimum Gasteiger partial charge on any atom is -0.508 e. The lowest BCUT2D eigenvalue weighted by atomic mass is 10.0. The number of hydrogen-bond donors (Lipinski definition) is 2. The first kappa shape index (κ1) is 14.0. The molecular formula is C15H25NO. The first-order chi connectivity index (χ1) is 8.15. The molecule has 96 valence electrons. The molecule has 0 bridgehead atoms. The Labute approximate surface area is 105 Å². The van der Waals surface area contributed by atoms with Crippen LogP contribution in [0.5, 0.6) is 5.75 Å². The molecule has 1 aromatic carbocycles. The molecule has 0 heterocycles. The van der Waals surface area contributed by atoms with E-state index in [9.17, 15) is 5.11 Å². The van der Waals surface area contributed by atoms with Crippen molar-refractivity contribution in [2.24, 2.45) is 0 Å². The van der Waals surface area contributed by atoms with Crippen molar-refractivity contribution >= 4 is 0 Å². The van der Waals surface area contributed by atoms with E-state index in [1.165, 1.54) is 25.7 Å². The lowest BCUT2D eigenvalue weighted by Gasteiger charge is -2.21. The Bertz CT molecular complexity index is 324. The van der Waals surface area contributed by atoms with Crippen LogP contribution < -0.4 is 5.32 Å². The van der Waals surface area contributed by atoms with Gasteiger partial charge in [0.15, 0.2) is 0 Å². The summed E-state index contributed by atoms with van der Waals surface area (Å²) >= 11 is 0. The molecule has 2 heteroatoms. The topological polar surface area (TPSA) is 32.3 Å². The minimum atomic E-state index is 0.202. The molecule has 0 radical (unpaired) electrons. The van der Waals surface area contributed by atoms with Gasteiger partial charge in [-0.25, -0.2) is 0 Å². The first-order valence-electron chi connectivity index (χ1n) is 6.69. The fourth-order valence-corrected chi connectivity index (χ4v) is 2.15. The van der Waals surface area contributed by atoms with Gasteiger partial charge in [-0.1, -0.05) is 44.4 Å². The van der Waals surface area contributed by atoms with Gasteiger partial charge >= 0.3 is 0 Å². The van der Waals surface area contributed by atoms with Gasteiger partial charge in [-0.05, 0) is 26.3 Å². The molecule has 0 aliphatic rings. The Morgan fingerprint density at radius 1 is 1.18 bits per heavy atom. The van der Waals surface area contributed by atoms with Gasteiger partial charge in [0, 0.05) is 17.6 Å². The quantitative estimate of drug-likeness (QED) is 0.700. The smallest absolute Gasteiger partial charge is 0.120 e. The summed E-state index contributed by atoms with van der Waals surface area (Å²) in [5.41, 5.74) is 0.981. The van der Waals surface area contributed by atoms with E-state index in [1.807, 2.05) is 18.2 Å². The molecule has 0 spiro atoms. The fraction of sp³-hybridized carbons (Fsp3) is 0.600. The molecule has 2 N–H and O–H groups in total. The van der Waals surface area contributed by atoms with Crippen molar-refractivity contribution in [3.8, 4) is 5.75 Å². The molecule has 1 rings (SSSR count). The zero-order chi connectivity index (χ0) is 12.7. The number of phenols is 1. The lowest BCUT2D eigenvalue weighted by molar-refractivity contribution is 0.417. The van der Waals surface area contributed by atoms with E-state index in [0.29, 0.717) is 11.8 Å². The standard InChI is InChI=1S/C15H25NO/c1-4-5-6-9-12(2)16-13(3)14-10-7-8-11-15(14)17/h7-8,10-13,16-17H,4-6,9H2,1-3H3. The van der Waals surface area contributed by atoms with Crippen LogP contribution in [0.3, 0.4) is 0 Å². The summed E-state index contributed by atoms with van der Waals surface area (Å²) < 4.78 is 0. The molecule has 2 atom stereocenters. The Hall–Kier alpha value is -1.02. The van der Waals surface area contributed by atoms with Crippen LogP contribution in [0.2, 0.25) is 0 Å². The summed E-state index contributed by atoms with van der Waals surface area (Å²) in [5.74, 6) is 0.383. The van der Waals surface area contributed by atoms with Gasteiger partial charge in [-0.15, -0.1) is 0 Å². The summed E-state index contributed by atoms with van der Waals surface area (Å²) in [6.45, 7) is 6.54. The van der Waals surface area contributed by atoms with Crippen molar-refractivity contribution in [2.45, 2.75) is 58.5 Å². The predicted octanol–water partition coefficient (Wildman–Crippen LogP) is 4.01. The average Bonchev–Trinajstić information content (AvgIpc) is 2.29. The monoisotopic (exact) mass is 235 g/mol. The number of unbranched alkanes of at least 4 members (excludes halogenated alkanes) is 2. The molecule has 17 heavy (non-hydrogen) atoms. The Kier molecular flexibility index (Phi) is 6.06. The Balaban J connectivity index is 2.43. The van der Waals surface area contributed by atoms with Crippen molar-refractivity contribution in [1.82, 2.24) is 5.32 Å². The van der Waals surface area contributed by atoms with Crippen LogP contribution in [0, 0.1) is 0 Å². The Morgan fingerprint density at radius 2 is 1.88 bits per heavy atom. The maximum Gasteiger partial charge on any atom is 0.120 e. The Morgan fingerprint density at radius 3 is 2.53 bits per heavy atom. The molecule has 0 saturated carbocycles. The van der Waals surface area contributed by atoms with E-state index in [-0.39, 0.29) is 6.04 Å². The summed E-state index contributed by atoms with van der Waals surface area (Å²) in [6, 6.07) is 8.25. The summed E-state index contributed by atoms with van der Waals surface area (Å²) in [6.07, 6.45) is 5.04. The highest BCUT2D eigenvalue weighted by Gasteiger charge is 2.11. The molecule has 0 aliphatic carbocycles. The first-order valence-corrected chi connectivity index (χ1v) is 6.69. The van der Waals surface area contributed by atoms with E-state index in [0.717, 1.165) is 5.56 Å². The molecule has 2 unspecified atom stereocenters. The largest absolute Gasteiger partial charge is 0.508 e. The van der Waals surface area contributed by atoms with Crippen LogP contribution >= 0.6 is 0 Å². The van der Waals surface area contributed by atoms with Crippen molar-refractivity contribution < 1.29 is 5.11 Å². The normalized spacial score (nSPS) is 14.5. The summed E-state index contributed by atoms with van der Waals surface area (Å²) in [4.78, 5) is 0. The van der Waals surface area contributed by atoms with Crippen LogP contribution in [0.25, 0.3) is 0 Å². The van der Waals surface area contributed by atoms with Crippen LogP contribution in [0.4, 0.5) is 0 Å². The summed E-state index contributed by atoms with van der Waals surface area (Å²) in [7, 11) is 0. The van der Waals surface area contributed by atoms with Crippen LogP contribution in [-0.4, -0.2) is 11.1 Å². The maximum absolute atomic E-state index is 9.77. The SMILES string of the molecule is CCCCCC(C)NC(C)c1ccccc1O. The van der Waals surface area contributed by atoms with Crippen molar-refractivity contribution in [1.29, 1.82) is 0 Å². The molecule has 0 aromatic heterocycles. The summed E-state index contributed by atoms with van der Waals surface area (Å²) in [5, 5.41) is 13.3. The van der Waals surface area contributed by atoms with Crippen molar-refractivity contribution in [3.05, 3.63) is 29.8 Å². The number of benzene rings is 1. The van der Waals surface area contributed by atoms with Gasteiger partial charge < -0.3 is 10.4 Å². The van der Waals surface area contributed by atoms with Gasteiger partial charge in [-0.3, -0.25) is 0 Å². The highest BCUT2D eigenvalue weighted by atomic mass is 16.3. The highest BCUT2D eigenvalue weighted by Crippen LogP contribution is 2.23. The third-order valence-electron chi connectivity index (χ3n) is 3.18. The van der Waals surface area contributed by atoms with E-state index in [4.69, 9.17) is 0 Å². The number of hydrogen-bond acceptors (Lipinski definition) is 2. The molecule has 1 aromatic rings. The molecule has 2 nitrogen and oxygen atoms in total. The van der Waals surface area contributed by atoms with Crippen LogP contribution in [-0.2, 0) is 0 Å². The van der Waals surface area contributed by atoms with E-state index in [1.54, 1.807) is 6.07 Å². The van der Waals surface area contributed by atoms with Gasteiger partial charge in [0.2, 0.25) is 0 Å². The fourth-order valence-electron chi connectivity index (χ4n) is 2.15. The predicted molar refractivity (Wildman–Crippen MR) is 73.3 cm³/mol. The van der Waals surface area contributed by atoms with Crippen molar-refractivity contribution in [3.63, 3.8) is 0 Å². The number of nitrogens with one attached hydrogen (secondary N) is 1. The van der Waals surface area contributed by atoms with Gasteiger partial charge in [0.1, 0.15) is 5.75 Å². The third-order valence-corrected chi connectivity index (χ3v) is 3.18. The molecule has 0 aliphatic heterocycles. The highest BCUT2D eigenvalue weighted by molar-refractivity contribution is 5.34.